The average molecular weight is 159 g/mol. The van der Waals surface area contributed by atoms with Gasteiger partial charge in [0, 0.05) is 18.7 Å². The monoisotopic (exact) mass is 159 g/mol. The average Bonchev–Trinajstić information content (AvgIpc) is 2.17. The Hall–Kier alpha value is -1.11. The molecule has 1 atom stereocenters. The first kappa shape index (κ1) is 7.53. The third-order valence-electron chi connectivity index (χ3n) is 2.48. The molecule has 12 heavy (non-hydrogen) atoms. The number of hydrogen-bond acceptors (Lipinski definition) is 1. The van der Waals surface area contributed by atoms with Crippen molar-refractivity contribution in [3.8, 4) is 0 Å². The lowest BCUT2D eigenvalue weighted by molar-refractivity contribution is 0.668. The summed E-state index contributed by atoms with van der Waals surface area (Å²) in [6.45, 7) is 3.19. The van der Waals surface area contributed by atoms with Gasteiger partial charge in [-0.3, -0.25) is 4.99 Å². The molecule has 0 N–H and O–H groups in total. The van der Waals surface area contributed by atoms with Crippen molar-refractivity contribution in [1.29, 1.82) is 0 Å². The van der Waals surface area contributed by atoms with E-state index in [0.29, 0.717) is 5.92 Å². The Balaban J connectivity index is 2.45. The van der Waals surface area contributed by atoms with Crippen LogP contribution in [-0.4, -0.2) is 12.8 Å². The van der Waals surface area contributed by atoms with E-state index in [4.69, 9.17) is 0 Å². The second-order valence-electron chi connectivity index (χ2n) is 3.23. The van der Waals surface area contributed by atoms with Crippen molar-refractivity contribution in [1.82, 2.24) is 0 Å². The van der Waals surface area contributed by atoms with Crippen LogP contribution in [0.4, 0.5) is 0 Å². The Morgan fingerprint density at radius 1 is 1.42 bits per heavy atom. The zero-order chi connectivity index (χ0) is 8.39. The smallest absolute Gasteiger partial charge is 0.0458 e. The number of fused-ring (bicyclic) bond motifs is 1. The highest BCUT2D eigenvalue weighted by Gasteiger charge is 2.14. The molecule has 0 saturated heterocycles. The Bertz CT molecular complexity index is 302. The molecule has 0 radical (unpaired) electrons. The minimum absolute atomic E-state index is 0.645. The Morgan fingerprint density at radius 3 is 3.08 bits per heavy atom. The van der Waals surface area contributed by atoms with Crippen LogP contribution in [0.1, 0.15) is 30.4 Å². The van der Waals surface area contributed by atoms with Crippen LogP contribution in [0.25, 0.3) is 0 Å². The molecule has 0 aromatic heterocycles. The Labute approximate surface area is 73.1 Å². The standard InChI is InChI=1S/C11H13N/c1-2-9-7-12-8-10-5-3-4-6-11(9)10/h3-6,8-9H,2,7H2,1H3. The van der Waals surface area contributed by atoms with Crippen molar-refractivity contribution >= 4 is 6.21 Å². The largest absolute Gasteiger partial charge is 0.292 e. The first-order chi connectivity index (χ1) is 5.92. The summed E-state index contributed by atoms with van der Waals surface area (Å²) < 4.78 is 0. The van der Waals surface area contributed by atoms with Gasteiger partial charge in [-0.2, -0.15) is 0 Å². The first-order valence-electron chi connectivity index (χ1n) is 4.50. The molecule has 1 unspecified atom stereocenters. The SMILES string of the molecule is CCC1CN=Cc2ccccc21. The van der Waals surface area contributed by atoms with Crippen LogP contribution >= 0.6 is 0 Å². The van der Waals surface area contributed by atoms with Crippen LogP contribution in [0.3, 0.4) is 0 Å². The molecule has 1 heterocycles. The van der Waals surface area contributed by atoms with Crippen molar-refractivity contribution in [2.24, 2.45) is 4.99 Å². The molecule has 1 aromatic rings. The summed E-state index contributed by atoms with van der Waals surface area (Å²) in [6.07, 6.45) is 3.18. The molecule has 1 heteroatoms. The summed E-state index contributed by atoms with van der Waals surface area (Å²) in [6, 6.07) is 8.54. The summed E-state index contributed by atoms with van der Waals surface area (Å²) in [7, 11) is 0. The van der Waals surface area contributed by atoms with Crippen molar-refractivity contribution in [2.45, 2.75) is 19.3 Å². The second kappa shape index (κ2) is 3.10. The topological polar surface area (TPSA) is 12.4 Å². The zero-order valence-electron chi connectivity index (χ0n) is 7.33. The lowest BCUT2D eigenvalue weighted by Crippen LogP contribution is -2.09. The fourth-order valence-electron chi connectivity index (χ4n) is 1.73. The number of hydrogen-bond donors (Lipinski definition) is 0. The molecular weight excluding hydrogens is 146 g/mol. The fraction of sp³-hybridized carbons (Fsp3) is 0.364. The van der Waals surface area contributed by atoms with Gasteiger partial charge in [0.05, 0.1) is 0 Å². The zero-order valence-corrected chi connectivity index (χ0v) is 7.33. The van der Waals surface area contributed by atoms with Gasteiger partial charge >= 0.3 is 0 Å². The first-order valence-corrected chi connectivity index (χ1v) is 4.50. The van der Waals surface area contributed by atoms with Gasteiger partial charge in [0.1, 0.15) is 0 Å². The summed E-state index contributed by atoms with van der Waals surface area (Å²) in [4.78, 5) is 4.35. The van der Waals surface area contributed by atoms with E-state index >= 15 is 0 Å². The molecule has 1 aromatic carbocycles. The van der Waals surface area contributed by atoms with Crippen LogP contribution < -0.4 is 0 Å². The summed E-state index contributed by atoms with van der Waals surface area (Å²) in [5.74, 6) is 0.645. The highest BCUT2D eigenvalue weighted by molar-refractivity contribution is 5.83. The van der Waals surface area contributed by atoms with Crippen LogP contribution in [0.5, 0.6) is 0 Å². The van der Waals surface area contributed by atoms with E-state index in [1.54, 1.807) is 0 Å². The molecule has 0 fully saturated rings. The van der Waals surface area contributed by atoms with Gasteiger partial charge < -0.3 is 0 Å². The van der Waals surface area contributed by atoms with Gasteiger partial charge in [0.15, 0.2) is 0 Å². The maximum atomic E-state index is 4.35. The van der Waals surface area contributed by atoms with Crippen molar-refractivity contribution in [3.05, 3.63) is 35.4 Å². The second-order valence-corrected chi connectivity index (χ2v) is 3.23. The van der Waals surface area contributed by atoms with Crippen LogP contribution in [0.15, 0.2) is 29.3 Å². The molecule has 2 rings (SSSR count). The quantitative estimate of drug-likeness (QED) is 0.597. The van der Waals surface area contributed by atoms with Gasteiger partial charge in [-0.15, -0.1) is 0 Å². The normalized spacial score (nSPS) is 20.6. The predicted molar refractivity (Wildman–Crippen MR) is 51.9 cm³/mol. The van der Waals surface area contributed by atoms with Gasteiger partial charge in [-0.1, -0.05) is 31.2 Å². The predicted octanol–water partition coefficient (Wildman–Crippen LogP) is 2.61. The molecule has 0 bridgehead atoms. The van der Waals surface area contributed by atoms with Crippen molar-refractivity contribution < 1.29 is 0 Å². The summed E-state index contributed by atoms with van der Waals surface area (Å²) in [5.41, 5.74) is 2.77. The molecule has 0 amide bonds. The highest BCUT2D eigenvalue weighted by Crippen LogP contribution is 2.25. The molecule has 1 nitrogen and oxygen atoms in total. The van der Waals surface area contributed by atoms with Crippen LogP contribution in [-0.2, 0) is 0 Å². The van der Waals surface area contributed by atoms with E-state index in [1.807, 2.05) is 6.21 Å². The maximum Gasteiger partial charge on any atom is 0.0458 e. The molecule has 62 valence electrons. The number of benzene rings is 1. The lowest BCUT2D eigenvalue weighted by atomic mass is 9.91. The third-order valence-corrected chi connectivity index (χ3v) is 2.48. The number of nitrogens with zero attached hydrogens (tertiary/aromatic N) is 1. The van der Waals surface area contributed by atoms with Gasteiger partial charge in [0.2, 0.25) is 0 Å². The van der Waals surface area contributed by atoms with Crippen molar-refractivity contribution in [3.63, 3.8) is 0 Å². The van der Waals surface area contributed by atoms with E-state index in [-0.39, 0.29) is 0 Å². The molecule has 1 aliphatic rings. The van der Waals surface area contributed by atoms with E-state index in [9.17, 15) is 0 Å². The van der Waals surface area contributed by atoms with Gasteiger partial charge in [-0.25, -0.2) is 0 Å². The molecule has 0 spiro atoms. The maximum absolute atomic E-state index is 4.35. The van der Waals surface area contributed by atoms with E-state index in [1.165, 1.54) is 17.5 Å². The summed E-state index contributed by atoms with van der Waals surface area (Å²) in [5, 5.41) is 0. The molecule has 0 saturated carbocycles. The van der Waals surface area contributed by atoms with Gasteiger partial charge in [0.25, 0.3) is 0 Å². The summed E-state index contributed by atoms with van der Waals surface area (Å²) >= 11 is 0. The molecule has 1 aliphatic heterocycles. The van der Waals surface area contributed by atoms with E-state index in [0.717, 1.165) is 6.54 Å². The minimum atomic E-state index is 0.645. The number of aliphatic imine (C=N–C) groups is 1. The van der Waals surface area contributed by atoms with Crippen LogP contribution in [0.2, 0.25) is 0 Å². The minimum Gasteiger partial charge on any atom is -0.292 e. The van der Waals surface area contributed by atoms with Crippen molar-refractivity contribution in [2.75, 3.05) is 6.54 Å². The van der Waals surface area contributed by atoms with Gasteiger partial charge in [-0.05, 0) is 17.5 Å². The van der Waals surface area contributed by atoms with Crippen LogP contribution in [0, 0.1) is 0 Å². The Kier molecular flexibility index (Phi) is 1.94. The fourth-order valence-corrected chi connectivity index (χ4v) is 1.73. The Morgan fingerprint density at radius 2 is 2.25 bits per heavy atom. The van der Waals surface area contributed by atoms with E-state index < -0.39 is 0 Å². The van der Waals surface area contributed by atoms with E-state index in [2.05, 4.69) is 36.2 Å². The lowest BCUT2D eigenvalue weighted by Gasteiger charge is -2.18. The number of rotatable bonds is 1. The third kappa shape index (κ3) is 1.15. The molecule has 0 aliphatic carbocycles. The highest BCUT2D eigenvalue weighted by atomic mass is 14.7. The molecular formula is C11H13N.